The van der Waals surface area contributed by atoms with Crippen molar-refractivity contribution in [2.75, 3.05) is 0 Å². The number of rotatable bonds is 2. The van der Waals surface area contributed by atoms with E-state index in [-0.39, 0.29) is 0 Å². The van der Waals surface area contributed by atoms with Crippen LogP contribution in [0.4, 0.5) is 57.1 Å². The molecule has 0 aliphatic heterocycles. The average molecular weight is 400 g/mol. The van der Waals surface area contributed by atoms with Gasteiger partial charge in [0, 0.05) is 6.07 Å². The molecule has 1 heterocycles. The average Bonchev–Trinajstić information content (AvgIpc) is 2.80. The molecule has 0 radical (unpaired) electrons. The molecule has 1 rings (SSSR count). The van der Waals surface area contributed by atoms with E-state index in [0.29, 0.717) is 0 Å². The number of carbonyl (C=O) groups excluding carboxylic acids is 1. The maximum absolute atomic E-state index is 13.1. The number of nitrogens with zero attached hydrogens (tertiary/aromatic N) is 2. The molecule has 0 amide bonds. The third-order valence-electron chi connectivity index (χ3n) is 2.50. The van der Waals surface area contributed by atoms with Crippen molar-refractivity contribution in [2.45, 2.75) is 30.4 Å². The number of aromatic nitrogens is 2. The predicted molar refractivity (Wildman–Crippen MR) is 48.8 cm³/mol. The minimum absolute atomic E-state index is 1.00. The second-order valence-electron chi connectivity index (χ2n) is 4.27. The Morgan fingerprint density at radius 1 is 0.800 bits per heavy atom. The van der Waals surface area contributed by atoms with Crippen LogP contribution < -0.4 is 0 Å². The SMILES string of the molecule is O=C(n1nc(C(F)(F)F)cc1C(F)(F)F)C(F)(F)C(F)(F)C(F)(F)F. The summed E-state index contributed by atoms with van der Waals surface area (Å²) in [6.07, 6.45) is -18.8. The van der Waals surface area contributed by atoms with Crippen LogP contribution in [-0.2, 0) is 12.4 Å². The molecule has 3 nitrogen and oxygen atoms in total. The summed E-state index contributed by atoms with van der Waals surface area (Å²) in [5, 5.41) is 1.75. The van der Waals surface area contributed by atoms with Gasteiger partial charge in [-0.2, -0.15) is 66.9 Å². The molecular weight excluding hydrogens is 399 g/mol. The fourth-order valence-corrected chi connectivity index (χ4v) is 1.32. The molecular formula is C9HF13N2O. The van der Waals surface area contributed by atoms with Crippen LogP contribution in [0.1, 0.15) is 16.2 Å². The highest BCUT2D eigenvalue weighted by Gasteiger charge is 2.77. The van der Waals surface area contributed by atoms with Gasteiger partial charge in [0.25, 0.3) is 0 Å². The van der Waals surface area contributed by atoms with E-state index in [4.69, 9.17) is 0 Å². The zero-order valence-electron chi connectivity index (χ0n) is 10.8. The molecule has 0 atom stereocenters. The lowest BCUT2D eigenvalue weighted by atomic mass is 10.1. The first kappa shape index (κ1) is 21.0. The molecule has 0 aliphatic rings. The lowest BCUT2D eigenvalue weighted by molar-refractivity contribution is -0.340. The Kier molecular flexibility index (Phi) is 4.61. The first-order valence-electron chi connectivity index (χ1n) is 5.36. The molecule has 0 saturated carbocycles. The van der Waals surface area contributed by atoms with Crippen LogP contribution >= 0.6 is 0 Å². The van der Waals surface area contributed by atoms with Crippen molar-refractivity contribution in [2.24, 2.45) is 0 Å². The van der Waals surface area contributed by atoms with Crippen LogP contribution in [0.5, 0.6) is 0 Å². The molecule has 0 aliphatic carbocycles. The van der Waals surface area contributed by atoms with E-state index in [1.807, 2.05) is 0 Å². The van der Waals surface area contributed by atoms with Gasteiger partial charge >= 0.3 is 36.3 Å². The molecule has 144 valence electrons. The van der Waals surface area contributed by atoms with Crippen LogP contribution in [0.3, 0.4) is 0 Å². The van der Waals surface area contributed by atoms with Crippen molar-refractivity contribution < 1.29 is 61.9 Å². The van der Waals surface area contributed by atoms with Crippen LogP contribution in [-0.4, -0.2) is 33.7 Å². The van der Waals surface area contributed by atoms with Crippen molar-refractivity contribution in [1.29, 1.82) is 0 Å². The highest BCUT2D eigenvalue weighted by molar-refractivity contribution is 5.87. The number of hydrogen-bond acceptors (Lipinski definition) is 2. The summed E-state index contributed by atoms with van der Waals surface area (Å²) < 4.78 is 160. The van der Waals surface area contributed by atoms with E-state index in [9.17, 15) is 61.9 Å². The van der Waals surface area contributed by atoms with Gasteiger partial charge in [-0.15, -0.1) is 0 Å². The number of halogens is 13. The second-order valence-corrected chi connectivity index (χ2v) is 4.27. The lowest BCUT2D eigenvalue weighted by Crippen LogP contribution is -2.58. The molecule has 0 aromatic carbocycles. The van der Waals surface area contributed by atoms with Gasteiger partial charge in [-0.25, -0.2) is 0 Å². The first-order valence-corrected chi connectivity index (χ1v) is 5.36. The number of alkyl halides is 13. The first-order chi connectivity index (χ1) is 10.7. The summed E-state index contributed by atoms with van der Waals surface area (Å²) >= 11 is 0. The Labute approximate surface area is 127 Å². The van der Waals surface area contributed by atoms with Crippen molar-refractivity contribution in [3.05, 3.63) is 17.5 Å². The fraction of sp³-hybridized carbons (Fsp3) is 0.556. The summed E-state index contributed by atoms with van der Waals surface area (Å²) in [6.45, 7) is 0. The minimum Gasteiger partial charge on any atom is -0.265 e. The molecule has 16 heteroatoms. The normalized spacial score (nSPS) is 14.8. The van der Waals surface area contributed by atoms with Gasteiger partial charge in [0.2, 0.25) is 0 Å². The highest BCUT2D eigenvalue weighted by atomic mass is 19.4. The highest BCUT2D eigenvalue weighted by Crippen LogP contribution is 2.47. The van der Waals surface area contributed by atoms with Gasteiger partial charge in [0.05, 0.1) is 0 Å². The largest absolute Gasteiger partial charge is 0.460 e. The van der Waals surface area contributed by atoms with Crippen molar-refractivity contribution in [3.8, 4) is 0 Å². The molecule has 0 unspecified atom stereocenters. The van der Waals surface area contributed by atoms with E-state index < -0.39 is 58.4 Å². The third-order valence-corrected chi connectivity index (χ3v) is 2.50. The quantitative estimate of drug-likeness (QED) is 0.691. The molecule has 0 saturated heterocycles. The van der Waals surface area contributed by atoms with E-state index in [2.05, 4.69) is 0 Å². The van der Waals surface area contributed by atoms with Gasteiger partial charge in [-0.05, 0) is 0 Å². The van der Waals surface area contributed by atoms with Gasteiger partial charge in [-0.1, -0.05) is 0 Å². The molecule has 0 spiro atoms. The Balaban J connectivity index is 3.60. The Morgan fingerprint density at radius 2 is 1.24 bits per heavy atom. The number of carbonyl (C=O) groups is 1. The molecule has 25 heavy (non-hydrogen) atoms. The Hall–Kier alpha value is -2.03. The predicted octanol–water partition coefficient (Wildman–Crippen LogP) is 4.39. The zero-order valence-corrected chi connectivity index (χ0v) is 10.8. The molecule has 1 aromatic rings. The second kappa shape index (κ2) is 5.48. The molecule has 0 fully saturated rings. The van der Waals surface area contributed by atoms with E-state index in [0.717, 1.165) is 0 Å². The van der Waals surface area contributed by atoms with Crippen LogP contribution in [0.25, 0.3) is 0 Å². The van der Waals surface area contributed by atoms with Crippen molar-refractivity contribution in [1.82, 2.24) is 9.78 Å². The van der Waals surface area contributed by atoms with Crippen LogP contribution in [0.2, 0.25) is 0 Å². The summed E-state index contributed by atoms with van der Waals surface area (Å²) in [6, 6.07) is -1.00. The topological polar surface area (TPSA) is 34.9 Å². The standard InChI is InChI=1S/C9HF13N2O/c10-5(11,8(18,19)9(20,21)22)4(25)24-3(7(15,16)17)1-2(23-24)6(12,13)14/h1H. The van der Waals surface area contributed by atoms with Crippen molar-refractivity contribution in [3.63, 3.8) is 0 Å². The van der Waals surface area contributed by atoms with E-state index >= 15 is 0 Å². The summed E-state index contributed by atoms with van der Waals surface area (Å²) in [5.41, 5.74) is -5.53. The summed E-state index contributed by atoms with van der Waals surface area (Å²) in [7, 11) is 0. The molecule has 0 bridgehead atoms. The summed E-state index contributed by atoms with van der Waals surface area (Å²) in [4.78, 5) is 11.1. The number of hydrogen-bond donors (Lipinski definition) is 0. The van der Waals surface area contributed by atoms with Gasteiger partial charge in [-0.3, -0.25) is 4.79 Å². The molecule has 0 N–H and O–H groups in total. The van der Waals surface area contributed by atoms with Gasteiger partial charge in [0.1, 0.15) is 0 Å². The monoisotopic (exact) mass is 400 g/mol. The molecule has 1 aromatic heterocycles. The van der Waals surface area contributed by atoms with Crippen LogP contribution in [0, 0.1) is 0 Å². The maximum Gasteiger partial charge on any atom is 0.460 e. The van der Waals surface area contributed by atoms with E-state index in [1.165, 1.54) is 0 Å². The van der Waals surface area contributed by atoms with Gasteiger partial charge < -0.3 is 0 Å². The van der Waals surface area contributed by atoms with E-state index in [1.54, 1.807) is 5.10 Å². The zero-order chi connectivity index (χ0) is 20.2. The maximum atomic E-state index is 13.1. The van der Waals surface area contributed by atoms with Crippen molar-refractivity contribution >= 4 is 5.91 Å². The third kappa shape index (κ3) is 3.51. The minimum atomic E-state index is -7.18. The fourth-order valence-electron chi connectivity index (χ4n) is 1.32. The smallest absolute Gasteiger partial charge is 0.265 e. The van der Waals surface area contributed by atoms with Gasteiger partial charge in [0.15, 0.2) is 11.4 Å². The Morgan fingerprint density at radius 3 is 1.56 bits per heavy atom. The lowest BCUT2D eigenvalue weighted by Gasteiger charge is -2.27. The van der Waals surface area contributed by atoms with Crippen LogP contribution in [0.15, 0.2) is 6.07 Å². The summed E-state index contributed by atoms with van der Waals surface area (Å²) in [5.74, 6) is -18.0. The Bertz CT molecular complexity index is 663.